The van der Waals surface area contributed by atoms with Gasteiger partial charge in [0.05, 0.1) is 28.8 Å². The molecule has 0 radical (unpaired) electrons. The number of nitrogens with one attached hydrogen (secondary N) is 2. The predicted molar refractivity (Wildman–Crippen MR) is 111 cm³/mol. The average Bonchev–Trinajstić information content (AvgIpc) is 3.25. The fourth-order valence-corrected chi connectivity index (χ4v) is 3.50. The number of Topliss-reactive ketones (excluding diaryl/α,β-unsaturated/α-hetero) is 1. The molecule has 2 amide bonds. The third kappa shape index (κ3) is 5.78. The quantitative estimate of drug-likeness (QED) is 0.260. The van der Waals surface area contributed by atoms with Crippen LogP contribution in [0.4, 0.5) is 37.2 Å². The second-order valence-electron chi connectivity index (χ2n) is 6.71. The van der Waals surface area contributed by atoms with Gasteiger partial charge in [-0.3, -0.25) is 14.4 Å². The molecule has 0 bridgehead atoms. The molecule has 0 saturated carbocycles. The number of hydrogen-bond donors (Lipinski definition) is 2. The highest BCUT2D eigenvalue weighted by Crippen LogP contribution is 2.38. The number of para-hydroxylation sites is 1. The zero-order chi connectivity index (χ0) is 25.1. The van der Waals surface area contributed by atoms with Crippen LogP contribution >= 0.6 is 11.3 Å². The van der Waals surface area contributed by atoms with Crippen LogP contribution in [0.5, 0.6) is 0 Å². The van der Waals surface area contributed by atoms with E-state index in [2.05, 4.69) is 10.3 Å². The number of rotatable bonds is 6. The Morgan fingerprint density at radius 3 is 2.06 bits per heavy atom. The molecule has 13 heteroatoms. The molecule has 0 fully saturated rings. The first-order chi connectivity index (χ1) is 15.9. The largest absolute Gasteiger partial charge is 0.418 e. The molecule has 6 nitrogen and oxygen atoms in total. The number of thiazole rings is 1. The zero-order valence-corrected chi connectivity index (χ0v) is 17.6. The fraction of sp³-hybridized carbons (Fsp3) is 0.143. The number of carbonyl (C=O) groups is 3. The summed E-state index contributed by atoms with van der Waals surface area (Å²) in [6.45, 7) is 0. The number of nitrogens with zero attached hydrogens (tertiary/aromatic N) is 1. The van der Waals surface area contributed by atoms with E-state index in [4.69, 9.17) is 0 Å². The molecule has 34 heavy (non-hydrogen) atoms. The van der Waals surface area contributed by atoms with Crippen LogP contribution in [0.1, 0.15) is 38.3 Å². The predicted octanol–water partition coefficient (Wildman–Crippen LogP) is 5.64. The van der Waals surface area contributed by atoms with E-state index < -0.39 is 64.3 Å². The minimum atomic E-state index is -5.06. The molecule has 2 aromatic carbocycles. The van der Waals surface area contributed by atoms with Gasteiger partial charge < -0.3 is 10.6 Å². The molecule has 2 N–H and O–H groups in total. The molecule has 0 atom stereocenters. The van der Waals surface area contributed by atoms with Gasteiger partial charge in [-0.05, 0) is 24.3 Å². The number of aromatic nitrogens is 1. The lowest BCUT2D eigenvalue weighted by Gasteiger charge is -2.18. The molecule has 0 aliphatic heterocycles. The summed E-state index contributed by atoms with van der Waals surface area (Å²) in [5.41, 5.74) is -5.51. The van der Waals surface area contributed by atoms with Gasteiger partial charge in [-0.1, -0.05) is 18.2 Å². The van der Waals surface area contributed by atoms with Gasteiger partial charge in [0.15, 0.2) is 10.9 Å². The molecule has 3 aromatic rings. The van der Waals surface area contributed by atoms with Crippen LogP contribution in [0.25, 0.3) is 0 Å². The molecular formula is C21H13F6N3O3S. The summed E-state index contributed by atoms with van der Waals surface area (Å²) in [7, 11) is 0. The first-order valence-electron chi connectivity index (χ1n) is 9.28. The lowest BCUT2D eigenvalue weighted by atomic mass is 10.00. The average molecular weight is 501 g/mol. The Hall–Kier alpha value is -3.74. The third-order valence-electron chi connectivity index (χ3n) is 4.39. The van der Waals surface area contributed by atoms with E-state index in [-0.39, 0.29) is 5.13 Å². The van der Waals surface area contributed by atoms with Crippen LogP contribution in [-0.2, 0) is 17.1 Å². The van der Waals surface area contributed by atoms with E-state index in [1.807, 2.05) is 0 Å². The van der Waals surface area contributed by atoms with Crippen molar-refractivity contribution in [2.24, 2.45) is 0 Å². The van der Waals surface area contributed by atoms with E-state index in [1.165, 1.54) is 11.6 Å². The van der Waals surface area contributed by atoms with Gasteiger partial charge in [-0.25, -0.2) is 4.98 Å². The standard InChI is InChI=1S/C21H13F6N3O3S/c22-20(23,24)13-6-2-1-4-11(13)18(33)30-17-12(5-3-7-14(17)21(25,26)27)15(31)10-16(32)29-19-28-8-9-34-19/h1-9H,10H2,(H,30,33)(H,28,29,32). The number of halogens is 6. The number of alkyl halides is 6. The molecule has 0 unspecified atom stereocenters. The number of hydrogen-bond acceptors (Lipinski definition) is 5. The van der Waals surface area contributed by atoms with E-state index >= 15 is 0 Å². The highest BCUT2D eigenvalue weighted by atomic mass is 32.1. The van der Waals surface area contributed by atoms with Crippen molar-refractivity contribution in [3.63, 3.8) is 0 Å². The number of anilines is 2. The van der Waals surface area contributed by atoms with Crippen molar-refractivity contribution in [3.8, 4) is 0 Å². The van der Waals surface area contributed by atoms with Crippen molar-refractivity contribution in [2.45, 2.75) is 18.8 Å². The molecule has 0 spiro atoms. The summed E-state index contributed by atoms with van der Waals surface area (Å²) in [5, 5.41) is 5.77. The third-order valence-corrected chi connectivity index (χ3v) is 5.07. The Bertz CT molecular complexity index is 1220. The summed E-state index contributed by atoms with van der Waals surface area (Å²) in [6.07, 6.45) is -9.54. The lowest BCUT2D eigenvalue weighted by Crippen LogP contribution is -2.23. The molecule has 1 heterocycles. The van der Waals surface area contributed by atoms with Crippen LogP contribution in [0.2, 0.25) is 0 Å². The van der Waals surface area contributed by atoms with Crippen molar-refractivity contribution < 1.29 is 40.7 Å². The van der Waals surface area contributed by atoms with E-state index in [9.17, 15) is 40.7 Å². The van der Waals surface area contributed by atoms with Crippen LogP contribution in [0.15, 0.2) is 54.0 Å². The molecule has 0 aliphatic rings. The minimum absolute atomic E-state index is 0.152. The molecule has 0 aliphatic carbocycles. The molecular weight excluding hydrogens is 488 g/mol. The van der Waals surface area contributed by atoms with Gasteiger partial charge in [0.2, 0.25) is 5.91 Å². The maximum Gasteiger partial charge on any atom is 0.418 e. The SMILES string of the molecule is O=C(CC(=O)c1cccc(C(F)(F)F)c1NC(=O)c1ccccc1C(F)(F)F)Nc1nccs1. The molecule has 3 rings (SSSR count). The van der Waals surface area contributed by atoms with E-state index in [0.29, 0.717) is 12.1 Å². The number of ketones is 1. The lowest BCUT2D eigenvalue weighted by molar-refractivity contribution is -0.138. The summed E-state index contributed by atoms with van der Waals surface area (Å²) in [4.78, 5) is 41.1. The van der Waals surface area contributed by atoms with Crippen molar-refractivity contribution in [1.82, 2.24) is 4.98 Å². The Balaban J connectivity index is 1.97. The smallest absolute Gasteiger partial charge is 0.321 e. The van der Waals surface area contributed by atoms with Crippen molar-refractivity contribution in [2.75, 3.05) is 10.6 Å². The Labute approximate surface area is 191 Å². The number of carbonyl (C=O) groups excluding carboxylic acids is 3. The minimum Gasteiger partial charge on any atom is -0.321 e. The summed E-state index contributed by atoms with van der Waals surface area (Å²) < 4.78 is 80.6. The second-order valence-corrected chi connectivity index (χ2v) is 7.60. The van der Waals surface area contributed by atoms with E-state index in [1.54, 1.807) is 5.32 Å². The zero-order valence-electron chi connectivity index (χ0n) is 16.8. The fourth-order valence-electron chi connectivity index (χ4n) is 2.95. The Kier molecular flexibility index (Phi) is 7.05. The first kappa shape index (κ1) is 24.9. The van der Waals surface area contributed by atoms with Crippen LogP contribution in [0.3, 0.4) is 0 Å². The van der Waals surface area contributed by atoms with Gasteiger partial charge in [-0.15, -0.1) is 11.3 Å². The molecule has 1 aromatic heterocycles. The van der Waals surface area contributed by atoms with Gasteiger partial charge in [0.25, 0.3) is 5.91 Å². The maximum atomic E-state index is 13.6. The monoisotopic (exact) mass is 501 g/mol. The van der Waals surface area contributed by atoms with Crippen LogP contribution < -0.4 is 10.6 Å². The second kappa shape index (κ2) is 9.63. The van der Waals surface area contributed by atoms with E-state index in [0.717, 1.165) is 41.7 Å². The van der Waals surface area contributed by atoms with Crippen LogP contribution in [0, 0.1) is 0 Å². The highest BCUT2D eigenvalue weighted by Gasteiger charge is 2.38. The number of amides is 2. The number of benzene rings is 2. The van der Waals surface area contributed by atoms with Gasteiger partial charge in [0, 0.05) is 17.1 Å². The maximum absolute atomic E-state index is 13.6. The molecule has 0 saturated heterocycles. The first-order valence-corrected chi connectivity index (χ1v) is 10.2. The topological polar surface area (TPSA) is 88.2 Å². The van der Waals surface area contributed by atoms with Crippen LogP contribution in [-0.4, -0.2) is 22.6 Å². The summed E-state index contributed by atoms with van der Waals surface area (Å²) in [5.74, 6) is -3.48. The van der Waals surface area contributed by atoms with Gasteiger partial charge in [0.1, 0.15) is 0 Å². The van der Waals surface area contributed by atoms with Crippen molar-refractivity contribution in [3.05, 3.63) is 76.3 Å². The van der Waals surface area contributed by atoms with Crippen molar-refractivity contribution in [1.29, 1.82) is 0 Å². The molecule has 178 valence electrons. The van der Waals surface area contributed by atoms with Gasteiger partial charge >= 0.3 is 12.4 Å². The summed E-state index contributed by atoms with van der Waals surface area (Å²) in [6, 6.07) is 5.87. The Morgan fingerprint density at radius 2 is 1.44 bits per heavy atom. The summed E-state index contributed by atoms with van der Waals surface area (Å²) >= 11 is 1.04. The Morgan fingerprint density at radius 1 is 0.824 bits per heavy atom. The highest BCUT2D eigenvalue weighted by molar-refractivity contribution is 7.13. The van der Waals surface area contributed by atoms with Crippen molar-refractivity contribution >= 4 is 39.8 Å². The van der Waals surface area contributed by atoms with Gasteiger partial charge in [-0.2, -0.15) is 26.3 Å². The normalized spacial score (nSPS) is 11.7.